The van der Waals surface area contributed by atoms with Gasteiger partial charge in [0.25, 0.3) is 0 Å². The minimum Gasteiger partial charge on any atom is -0.365 e. The summed E-state index contributed by atoms with van der Waals surface area (Å²) in [5.74, 6) is 1.21. The first-order chi connectivity index (χ1) is 12.0. The second-order valence-corrected chi connectivity index (χ2v) is 6.36. The van der Waals surface area contributed by atoms with Crippen LogP contribution < -0.4 is 4.90 Å². The van der Waals surface area contributed by atoms with E-state index in [-0.39, 0.29) is 13.2 Å². The summed E-state index contributed by atoms with van der Waals surface area (Å²) in [7, 11) is 0. The van der Waals surface area contributed by atoms with Crippen molar-refractivity contribution in [1.82, 2.24) is 9.97 Å². The number of halogens is 3. The number of benzene rings is 1. The van der Waals surface area contributed by atoms with E-state index in [0.29, 0.717) is 18.2 Å². The SMILES string of the molecule is FC(F)(F)[C@H]1CN(c2nc(-c3ccccc3)nc3c2CCC3)CCO1. The highest BCUT2D eigenvalue weighted by atomic mass is 19.4. The van der Waals surface area contributed by atoms with Gasteiger partial charge in [-0.2, -0.15) is 13.2 Å². The van der Waals surface area contributed by atoms with Crippen molar-refractivity contribution in [3.05, 3.63) is 41.6 Å². The van der Waals surface area contributed by atoms with Crippen LogP contribution in [0.3, 0.4) is 0 Å². The van der Waals surface area contributed by atoms with E-state index in [1.54, 1.807) is 4.90 Å². The van der Waals surface area contributed by atoms with E-state index in [0.717, 1.165) is 36.1 Å². The molecule has 0 N–H and O–H groups in total. The minimum atomic E-state index is -4.36. The number of rotatable bonds is 2. The van der Waals surface area contributed by atoms with Crippen LogP contribution in [0, 0.1) is 0 Å². The van der Waals surface area contributed by atoms with Crippen molar-refractivity contribution in [2.75, 3.05) is 24.6 Å². The number of hydrogen-bond acceptors (Lipinski definition) is 4. The predicted octanol–water partition coefficient (Wildman–Crippen LogP) is 3.40. The quantitative estimate of drug-likeness (QED) is 0.833. The van der Waals surface area contributed by atoms with E-state index in [1.807, 2.05) is 30.3 Å². The topological polar surface area (TPSA) is 38.2 Å². The van der Waals surface area contributed by atoms with Crippen LogP contribution >= 0.6 is 0 Å². The Balaban J connectivity index is 1.73. The molecule has 4 nitrogen and oxygen atoms in total. The zero-order chi connectivity index (χ0) is 17.4. The van der Waals surface area contributed by atoms with Gasteiger partial charge in [0.1, 0.15) is 5.82 Å². The lowest BCUT2D eigenvalue weighted by atomic mass is 10.1. The van der Waals surface area contributed by atoms with Gasteiger partial charge < -0.3 is 9.64 Å². The number of anilines is 1. The zero-order valence-corrected chi connectivity index (χ0v) is 13.6. The number of aryl methyl sites for hydroxylation is 1. The fourth-order valence-electron chi connectivity index (χ4n) is 3.43. The molecule has 1 aromatic heterocycles. The monoisotopic (exact) mass is 349 g/mol. The molecule has 25 heavy (non-hydrogen) atoms. The third-order valence-electron chi connectivity index (χ3n) is 4.67. The molecule has 1 atom stereocenters. The molecule has 0 unspecified atom stereocenters. The van der Waals surface area contributed by atoms with Gasteiger partial charge in [0.05, 0.1) is 13.2 Å². The smallest absolute Gasteiger partial charge is 0.365 e. The molecule has 4 rings (SSSR count). The Morgan fingerprint density at radius 1 is 1.08 bits per heavy atom. The Kier molecular flexibility index (Phi) is 4.11. The Morgan fingerprint density at radius 3 is 2.64 bits per heavy atom. The molecule has 0 amide bonds. The highest BCUT2D eigenvalue weighted by Crippen LogP contribution is 2.34. The number of morpholine rings is 1. The van der Waals surface area contributed by atoms with E-state index < -0.39 is 12.3 Å². The summed E-state index contributed by atoms with van der Waals surface area (Å²) in [5, 5.41) is 0. The molecule has 0 saturated carbocycles. The second kappa shape index (κ2) is 6.29. The van der Waals surface area contributed by atoms with E-state index in [2.05, 4.69) is 9.97 Å². The third kappa shape index (κ3) is 3.20. The number of alkyl halides is 3. The average molecular weight is 349 g/mol. The molecule has 2 aromatic rings. The first-order valence-electron chi connectivity index (χ1n) is 8.41. The molecule has 1 fully saturated rings. The summed E-state index contributed by atoms with van der Waals surface area (Å²) in [6.07, 6.45) is -3.52. The standard InChI is InChI=1S/C18H18F3N3O/c19-18(20,21)15-11-24(9-10-25-15)17-13-7-4-8-14(13)22-16(23-17)12-5-2-1-3-6-12/h1-3,5-6,15H,4,7-11H2/t15-/m1/s1. The minimum absolute atomic E-state index is 0.0453. The first-order valence-corrected chi connectivity index (χ1v) is 8.41. The van der Waals surface area contributed by atoms with Gasteiger partial charge in [0, 0.05) is 23.4 Å². The van der Waals surface area contributed by atoms with Gasteiger partial charge >= 0.3 is 6.18 Å². The molecule has 1 aliphatic carbocycles. The van der Waals surface area contributed by atoms with Crippen molar-refractivity contribution in [2.24, 2.45) is 0 Å². The van der Waals surface area contributed by atoms with Crippen molar-refractivity contribution in [3.8, 4) is 11.4 Å². The van der Waals surface area contributed by atoms with E-state index in [9.17, 15) is 13.2 Å². The largest absolute Gasteiger partial charge is 0.416 e. The first kappa shape index (κ1) is 16.3. The van der Waals surface area contributed by atoms with Gasteiger partial charge in [0.15, 0.2) is 11.9 Å². The molecule has 1 aliphatic heterocycles. The van der Waals surface area contributed by atoms with Crippen LogP contribution in [0.2, 0.25) is 0 Å². The van der Waals surface area contributed by atoms with E-state index in [4.69, 9.17) is 4.74 Å². The molecule has 2 heterocycles. The number of hydrogen-bond donors (Lipinski definition) is 0. The molecule has 7 heteroatoms. The average Bonchev–Trinajstić information content (AvgIpc) is 3.09. The highest BCUT2D eigenvalue weighted by molar-refractivity contribution is 5.61. The van der Waals surface area contributed by atoms with Crippen LogP contribution in [0.4, 0.5) is 19.0 Å². The lowest BCUT2D eigenvalue weighted by molar-refractivity contribution is -0.221. The molecule has 0 radical (unpaired) electrons. The molecule has 2 aliphatic rings. The Labute approximate surface area is 143 Å². The van der Waals surface area contributed by atoms with Crippen molar-refractivity contribution >= 4 is 5.82 Å². The Morgan fingerprint density at radius 2 is 1.88 bits per heavy atom. The Bertz CT molecular complexity index is 764. The maximum Gasteiger partial charge on any atom is 0.416 e. The summed E-state index contributed by atoms with van der Waals surface area (Å²) in [6.45, 7) is 0.231. The van der Waals surface area contributed by atoms with Crippen LogP contribution in [-0.4, -0.2) is 41.9 Å². The fourth-order valence-corrected chi connectivity index (χ4v) is 3.43. The van der Waals surface area contributed by atoms with Gasteiger partial charge in [-0.15, -0.1) is 0 Å². The lowest BCUT2D eigenvalue weighted by Crippen LogP contribution is -2.49. The lowest BCUT2D eigenvalue weighted by Gasteiger charge is -2.35. The number of ether oxygens (including phenoxy) is 1. The zero-order valence-electron chi connectivity index (χ0n) is 13.6. The van der Waals surface area contributed by atoms with Gasteiger partial charge in [0.2, 0.25) is 0 Å². The van der Waals surface area contributed by atoms with E-state index >= 15 is 0 Å². The summed E-state index contributed by atoms with van der Waals surface area (Å²) in [6, 6.07) is 9.55. The molecule has 0 spiro atoms. The van der Waals surface area contributed by atoms with E-state index in [1.165, 1.54) is 0 Å². The normalized spacial score (nSPS) is 20.6. The van der Waals surface area contributed by atoms with Crippen molar-refractivity contribution in [2.45, 2.75) is 31.5 Å². The van der Waals surface area contributed by atoms with Gasteiger partial charge in [-0.3, -0.25) is 0 Å². The maximum absolute atomic E-state index is 13.1. The number of fused-ring (bicyclic) bond motifs is 1. The van der Waals surface area contributed by atoms with Crippen LogP contribution in [0.5, 0.6) is 0 Å². The Hall–Kier alpha value is -2.15. The van der Waals surface area contributed by atoms with Crippen LogP contribution in [0.25, 0.3) is 11.4 Å². The molecule has 0 bridgehead atoms. The van der Waals surface area contributed by atoms with Gasteiger partial charge in [-0.25, -0.2) is 9.97 Å². The maximum atomic E-state index is 13.1. The number of aromatic nitrogens is 2. The van der Waals surface area contributed by atoms with Crippen molar-refractivity contribution in [3.63, 3.8) is 0 Å². The van der Waals surface area contributed by atoms with Crippen molar-refractivity contribution in [1.29, 1.82) is 0 Å². The molecule has 132 valence electrons. The summed E-state index contributed by atoms with van der Waals surface area (Å²) >= 11 is 0. The van der Waals surface area contributed by atoms with Gasteiger partial charge in [-0.1, -0.05) is 30.3 Å². The number of nitrogens with zero attached hydrogens (tertiary/aromatic N) is 3. The second-order valence-electron chi connectivity index (χ2n) is 6.36. The fraction of sp³-hybridized carbons (Fsp3) is 0.444. The van der Waals surface area contributed by atoms with Crippen LogP contribution in [0.15, 0.2) is 30.3 Å². The van der Waals surface area contributed by atoms with Crippen LogP contribution in [0.1, 0.15) is 17.7 Å². The molecular formula is C18H18F3N3O. The summed E-state index contributed by atoms with van der Waals surface area (Å²) in [4.78, 5) is 11.0. The summed E-state index contributed by atoms with van der Waals surface area (Å²) in [5.41, 5.74) is 2.82. The molecular weight excluding hydrogens is 331 g/mol. The van der Waals surface area contributed by atoms with Gasteiger partial charge in [-0.05, 0) is 19.3 Å². The van der Waals surface area contributed by atoms with Crippen LogP contribution in [-0.2, 0) is 17.6 Å². The highest BCUT2D eigenvalue weighted by Gasteiger charge is 2.44. The predicted molar refractivity (Wildman–Crippen MR) is 87.5 cm³/mol. The molecule has 1 aromatic carbocycles. The third-order valence-corrected chi connectivity index (χ3v) is 4.67. The van der Waals surface area contributed by atoms with Crippen molar-refractivity contribution < 1.29 is 17.9 Å². The molecule has 1 saturated heterocycles. The summed E-state index contributed by atoms with van der Waals surface area (Å²) < 4.78 is 44.1.